The molecule has 1 N–H and O–H groups in total. The number of hydrogen-bond donors (Lipinski definition) is 1. The Morgan fingerprint density at radius 3 is 2.56 bits per heavy atom. The summed E-state index contributed by atoms with van der Waals surface area (Å²) in [6.45, 7) is 3.21. The minimum Gasteiger partial charge on any atom is -0.496 e. The fourth-order valence-electron chi connectivity index (χ4n) is 3.83. The van der Waals surface area contributed by atoms with Crippen LogP contribution in [0.3, 0.4) is 0 Å². The Kier molecular flexibility index (Phi) is 6.83. The second-order valence-corrected chi connectivity index (χ2v) is 7.15. The van der Waals surface area contributed by atoms with Crippen LogP contribution in [0, 0.1) is 0 Å². The highest BCUT2D eigenvalue weighted by Crippen LogP contribution is 2.32. The van der Waals surface area contributed by atoms with Gasteiger partial charge in [-0.15, -0.1) is 0 Å². The average molecular weight is 363 g/mol. The molecule has 1 aliphatic rings. The molecule has 0 radical (unpaired) electrons. The summed E-state index contributed by atoms with van der Waals surface area (Å²) in [6.07, 6.45) is 10.3. The number of nitrogens with zero attached hydrogens (tertiary/aromatic N) is 1. The third-order valence-electron chi connectivity index (χ3n) is 5.26. The molecular formula is C24H30N2O. The number of nitrogens with one attached hydrogen (secondary N) is 1. The summed E-state index contributed by atoms with van der Waals surface area (Å²) in [7, 11) is 1.74. The summed E-state index contributed by atoms with van der Waals surface area (Å²) in [5, 5.41) is 3.77. The normalized spacial score (nSPS) is 19.3. The van der Waals surface area contributed by atoms with Gasteiger partial charge in [-0.2, -0.15) is 0 Å². The zero-order valence-electron chi connectivity index (χ0n) is 16.4. The monoisotopic (exact) mass is 362 g/mol. The molecule has 2 aromatic carbocycles. The standard InChI is InChI=1S/C24H30N2O/c1-3-17-25-23(15-14-20-10-5-4-6-11-20)24(16-9-18-26-24)19-21-12-7-8-13-22(21)27-2/h4-13,16,18,23,25H,3,14-15,17,19H2,1-2H3. The van der Waals surface area contributed by atoms with Crippen molar-refractivity contribution in [1.82, 2.24) is 5.32 Å². The number of para-hydroxylation sites is 1. The number of aryl methyl sites for hydroxylation is 1. The van der Waals surface area contributed by atoms with Crippen LogP contribution in [0.5, 0.6) is 5.75 Å². The Balaban J connectivity index is 1.83. The van der Waals surface area contributed by atoms with Crippen LogP contribution in [-0.4, -0.2) is 31.4 Å². The van der Waals surface area contributed by atoms with Crippen molar-refractivity contribution in [2.75, 3.05) is 13.7 Å². The molecule has 0 aliphatic carbocycles. The second kappa shape index (κ2) is 9.52. The number of methoxy groups -OCH3 is 1. The summed E-state index contributed by atoms with van der Waals surface area (Å²) in [5.74, 6) is 0.935. The Morgan fingerprint density at radius 1 is 1.07 bits per heavy atom. The van der Waals surface area contributed by atoms with E-state index in [1.54, 1.807) is 7.11 Å². The van der Waals surface area contributed by atoms with E-state index in [0.717, 1.165) is 38.0 Å². The van der Waals surface area contributed by atoms with Crippen molar-refractivity contribution in [3.8, 4) is 5.75 Å². The highest BCUT2D eigenvalue weighted by atomic mass is 16.5. The molecule has 0 spiro atoms. The Hall–Kier alpha value is -2.39. The molecule has 1 heterocycles. The van der Waals surface area contributed by atoms with Crippen molar-refractivity contribution in [3.05, 3.63) is 77.9 Å². The molecule has 0 saturated carbocycles. The summed E-state index contributed by atoms with van der Waals surface area (Å²) >= 11 is 0. The number of rotatable bonds is 10. The smallest absolute Gasteiger partial charge is 0.122 e. The lowest BCUT2D eigenvalue weighted by atomic mass is 9.81. The lowest BCUT2D eigenvalue weighted by Crippen LogP contribution is -2.49. The molecule has 0 amide bonds. The zero-order chi connectivity index (χ0) is 19.0. The fraction of sp³-hybridized carbons (Fsp3) is 0.375. The lowest BCUT2D eigenvalue weighted by Gasteiger charge is -2.35. The van der Waals surface area contributed by atoms with Gasteiger partial charge in [0.25, 0.3) is 0 Å². The largest absolute Gasteiger partial charge is 0.496 e. The van der Waals surface area contributed by atoms with Crippen LogP contribution in [0.2, 0.25) is 0 Å². The van der Waals surface area contributed by atoms with Crippen LogP contribution in [0.1, 0.15) is 30.9 Å². The highest BCUT2D eigenvalue weighted by molar-refractivity contribution is 5.75. The highest BCUT2D eigenvalue weighted by Gasteiger charge is 2.37. The fourth-order valence-corrected chi connectivity index (χ4v) is 3.83. The van der Waals surface area contributed by atoms with Crippen molar-refractivity contribution in [2.24, 2.45) is 4.99 Å². The van der Waals surface area contributed by atoms with Crippen molar-refractivity contribution in [1.29, 1.82) is 0 Å². The maximum atomic E-state index is 5.59. The van der Waals surface area contributed by atoms with Gasteiger partial charge in [0.05, 0.1) is 12.6 Å². The molecular weight excluding hydrogens is 332 g/mol. The van der Waals surface area contributed by atoms with E-state index in [1.165, 1.54) is 11.1 Å². The van der Waals surface area contributed by atoms with E-state index in [4.69, 9.17) is 9.73 Å². The first-order valence-electron chi connectivity index (χ1n) is 9.89. The summed E-state index contributed by atoms with van der Waals surface area (Å²) in [4.78, 5) is 4.95. The van der Waals surface area contributed by atoms with E-state index in [0.29, 0.717) is 0 Å². The van der Waals surface area contributed by atoms with Gasteiger partial charge < -0.3 is 10.1 Å². The van der Waals surface area contributed by atoms with Gasteiger partial charge in [0, 0.05) is 18.7 Å². The quantitative estimate of drug-likeness (QED) is 0.669. The lowest BCUT2D eigenvalue weighted by molar-refractivity contribution is 0.333. The maximum Gasteiger partial charge on any atom is 0.122 e. The van der Waals surface area contributed by atoms with Crippen molar-refractivity contribution < 1.29 is 4.74 Å². The number of hydrogen-bond acceptors (Lipinski definition) is 3. The summed E-state index contributed by atoms with van der Waals surface area (Å²) < 4.78 is 5.59. The van der Waals surface area contributed by atoms with Crippen LogP contribution in [0.25, 0.3) is 0 Å². The van der Waals surface area contributed by atoms with Gasteiger partial charge in [0.2, 0.25) is 0 Å². The predicted octanol–water partition coefficient (Wildman–Crippen LogP) is 4.62. The molecule has 0 bridgehead atoms. The zero-order valence-corrected chi connectivity index (χ0v) is 16.4. The van der Waals surface area contributed by atoms with Crippen molar-refractivity contribution >= 4 is 6.21 Å². The van der Waals surface area contributed by atoms with Gasteiger partial charge in [-0.25, -0.2) is 0 Å². The van der Waals surface area contributed by atoms with E-state index in [-0.39, 0.29) is 11.6 Å². The van der Waals surface area contributed by atoms with Crippen LogP contribution in [0.4, 0.5) is 0 Å². The van der Waals surface area contributed by atoms with E-state index >= 15 is 0 Å². The van der Waals surface area contributed by atoms with Crippen LogP contribution in [-0.2, 0) is 12.8 Å². The van der Waals surface area contributed by atoms with Gasteiger partial charge >= 0.3 is 0 Å². The van der Waals surface area contributed by atoms with E-state index in [2.05, 4.69) is 66.9 Å². The number of benzene rings is 2. The van der Waals surface area contributed by atoms with Crippen molar-refractivity contribution in [3.63, 3.8) is 0 Å². The van der Waals surface area contributed by atoms with Gasteiger partial charge in [0.1, 0.15) is 5.75 Å². The molecule has 0 fully saturated rings. The molecule has 1 aliphatic heterocycles. The van der Waals surface area contributed by atoms with Gasteiger partial charge in [-0.05, 0) is 49.1 Å². The average Bonchev–Trinajstić information content (AvgIpc) is 3.18. The molecule has 27 heavy (non-hydrogen) atoms. The molecule has 0 saturated heterocycles. The number of ether oxygens (including phenoxy) is 1. The third-order valence-corrected chi connectivity index (χ3v) is 5.26. The minimum atomic E-state index is -0.265. The van der Waals surface area contributed by atoms with Crippen LogP contribution in [0.15, 0.2) is 71.7 Å². The molecule has 2 aromatic rings. The summed E-state index contributed by atoms with van der Waals surface area (Å²) in [6, 6.07) is 19.3. The summed E-state index contributed by atoms with van der Waals surface area (Å²) in [5.41, 5.74) is 2.31. The third kappa shape index (κ3) is 4.86. The molecule has 3 rings (SSSR count). The van der Waals surface area contributed by atoms with E-state index in [1.807, 2.05) is 18.3 Å². The first kappa shape index (κ1) is 19.4. The van der Waals surface area contributed by atoms with Gasteiger partial charge in [0.15, 0.2) is 0 Å². The SMILES string of the molecule is CCCNC(CCc1ccccc1)C1(Cc2ccccc2OC)C=CC=N1. The first-order valence-corrected chi connectivity index (χ1v) is 9.89. The first-order chi connectivity index (χ1) is 13.3. The molecule has 3 nitrogen and oxygen atoms in total. The Labute approximate surface area is 163 Å². The van der Waals surface area contributed by atoms with Gasteiger partial charge in [-0.3, -0.25) is 4.99 Å². The van der Waals surface area contributed by atoms with Crippen molar-refractivity contribution in [2.45, 2.75) is 44.2 Å². The maximum absolute atomic E-state index is 5.59. The molecule has 2 unspecified atom stereocenters. The second-order valence-electron chi connectivity index (χ2n) is 7.15. The number of aliphatic imine (C=N–C) groups is 1. The van der Waals surface area contributed by atoms with E-state index in [9.17, 15) is 0 Å². The Bertz CT molecular complexity index is 755. The van der Waals surface area contributed by atoms with Crippen LogP contribution < -0.4 is 10.1 Å². The molecule has 3 heteroatoms. The minimum absolute atomic E-state index is 0.265. The topological polar surface area (TPSA) is 33.6 Å². The molecule has 0 aromatic heterocycles. The van der Waals surface area contributed by atoms with E-state index < -0.39 is 0 Å². The number of allylic oxidation sites excluding steroid dienone is 1. The Morgan fingerprint density at radius 2 is 1.85 bits per heavy atom. The molecule has 2 atom stereocenters. The van der Waals surface area contributed by atoms with Gasteiger partial charge in [-0.1, -0.05) is 61.5 Å². The van der Waals surface area contributed by atoms with Crippen LogP contribution >= 0.6 is 0 Å². The predicted molar refractivity (Wildman–Crippen MR) is 114 cm³/mol. The molecule has 142 valence electrons.